The van der Waals surface area contributed by atoms with Crippen molar-refractivity contribution in [1.29, 1.82) is 0 Å². The Balaban J connectivity index is 2.67. The van der Waals surface area contributed by atoms with Gasteiger partial charge in [-0.05, 0) is 6.42 Å². The van der Waals surface area contributed by atoms with E-state index < -0.39 is 0 Å². The highest BCUT2D eigenvalue weighted by Crippen LogP contribution is 2.35. The van der Waals surface area contributed by atoms with Gasteiger partial charge in [0.15, 0.2) is 0 Å². The van der Waals surface area contributed by atoms with E-state index in [1.165, 1.54) is 0 Å². The Bertz CT molecular complexity index is 149. The average Bonchev–Trinajstić information content (AvgIpc) is 2.04. The lowest BCUT2D eigenvalue weighted by atomic mass is 9.84. The fourth-order valence-corrected chi connectivity index (χ4v) is 1.48. The Morgan fingerprint density at radius 3 is 2.50 bits per heavy atom. The second kappa shape index (κ2) is 2.26. The van der Waals surface area contributed by atoms with Gasteiger partial charge in [0.25, 0.3) is 0 Å². The molecular formula is C8H14O2. The quantitative estimate of drug-likeness (QED) is 0.521. The summed E-state index contributed by atoms with van der Waals surface area (Å²) in [6.45, 7) is 6.20. The first-order chi connectivity index (χ1) is 4.56. The van der Waals surface area contributed by atoms with Crippen molar-refractivity contribution in [2.45, 2.75) is 39.7 Å². The summed E-state index contributed by atoms with van der Waals surface area (Å²) in [5, 5.41) is 0. The zero-order valence-electron chi connectivity index (χ0n) is 6.81. The Morgan fingerprint density at radius 1 is 1.70 bits per heavy atom. The van der Waals surface area contributed by atoms with Crippen LogP contribution in [-0.2, 0) is 9.53 Å². The first-order valence-electron chi connectivity index (χ1n) is 3.76. The largest absolute Gasteiger partial charge is 0.462 e. The zero-order chi connectivity index (χ0) is 7.78. The zero-order valence-corrected chi connectivity index (χ0v) is 6.81. The van der Waals surface area contributed by atoms with Gasteiger partial charge in [-0.3, -0.25) is 4.79 Å². The molecule has 0 radical (unpaired) electrons. The highest BCUT2D eigenvalue weighted by molar-refractivity contribution is 5.72. The molecule has 1 fully saturated rings. The van der Waals surface area contributed by atoms with Crippen LogP contribution in [0.15, 0.2) is 0 Å². The summed E-state index contributed by atoms with van der Waals surface area (Å²) in [5.41, 5.74) is 0.0613. The van der Waals surface area contributed by atoms with E-state index in [0.29, 0.717) is 6.42 Å². The van der Waals surface area contributed by atoms with Crippen molar-refractivity contribution in [3.05, 3.63) is 0 Å². The molecule has 0 amide bonds. The van der Waals surface area contributed by atoms with Gasteiger partial charge in [0.1, 0.15) is 6.10 Å². The van der Waals surface area contributed by atoms with Crippen molar-refractivity contribution in [3.63, 3.8) is 0 Å². The van der Waals surface area contributed by atoms with Crippen molar-refractivity contribution >= 4 is 5.97 Å². The summed E-state index contributed by atoms with van der Waals surface area (Å²) < 4.78 is 5.09. The van der Waals surface area contributed by atoms with Crippen molar-refractivity contribution in [2.24, 2.45) is 5.41 Å². The topological polar surface area (TPSA) is 26.3 Å². The number of rotatable bonds is 1. The number of cyclic esters (lactones) is 1. The van der Waals surface area contributed by atoms with Crippen LogP contribution >= 0.6 is 0 Å². The molecule has 0 N–H and O–H groups in total. The number of carbonyl (C=O) groups excluding carboxylic acids is 1. The van der Waals surface area contributed by atoms with Crippen LogP contribution in [0.5, 0.6) is 0 Å². The lowest BCUT2D eigenvalue weighted by Gasteiger charge is -2.21. The van der Waals surface area contributed by atoms with Crippen LogP contribution in [0.4, 0.5) is 0 Å². The Kier molecular flexibility index (Phi) is 1.71. The summed E-state index contributed by atoms with van der Waals surface area (Å²) in [6, 6.07) is 0. The molecule has 58 valence electrons. The molecule has 0 aliphatic carbocycles. The van der Waals surface area contributed by atoms with Crippen LogP contribution in [-0.4, -0.2) is 12.1 Å². The van der Waals surface area contributed by atoms with E-state index in [2.05, 4.69) is 13.8 Å². The molecule has 1 atom stereocenters. The standard InChI is InChI=1S/C8H14O2/c1-4-6-8(2,3)5-7(9)10-6/h6H,4-5H2,1-3H3/t6-/m1/s1. The number of hydrogen-bond donors (Lipinski definition) is 0. The minimum absolute atomic E-state index is 0.0446. The van der Waals surface area contributed by atoms with Crippen LogP contribution in [0.1, 0.15) is 33.6 Å². The maximum Gasteiger partial charge on any atom is 0.306 e. The first-order valence-corrected chi connectivity index (χ1v) is 3.76. The molecule has 1 heterocycles. The molecule has 1 aliphatic rings. The molecule has 2 heteroatoms. The maximum absolute atomic E-state index is 10.8. The summed E-state index contributed by atoms with van der Waals surface area (Å²) in [4.78, 5) is 10.8. The predicted octanol–water partition coefficient (Wildman–Crippen LogP) is 1.74. The minimum Gasteiger partial charge on any atom is -0.462 e. The molecule has 0 unspecified atom stereocenters. The minimum atomic E-state index is -0.0446. The van der Waals surface area contributed by atoms with Gasteiger partial charge in [-0.15, -0.1) is 0 Å². The van der Waals surface area contributed by atoms with E-state index in [1.54, 1.807) is 0 Å². The predicted molar refractivity (Wildman–Crippen MR) is 38.6 cm³/mol. The molecule has 1 aliphatic heterocycles. The second-order valence-corrected chi connectivity index (χ2v) is 3.55. The second-order valence-electron chi connectivity index (χ2n) is 3.55. The van der Waals surface area contributed by atoms with Gasteiger partial charge < -0.3 is 4.74 Å². The van der Waals surface area contributed by atoms with E-state index in [4.69, 9.17) is 4.74 Å². The van der Waals surface area contributed by atoms with Crippen molar-refractivity contribution in [2.75, 3.05) is 0 Å². The third kappa shape index (κ3) is 1.15. The van der Waals surface area contributed by atoms with Crippen molar-refractivity contribution < 1.29 is 9.53 Å². The third-order valence-corrected chi connectivity index (χ3v) is 2.12. The number of carbonyl (C=O) groups is 1. The number of hydrogen-bond acceptors (Lipinski definition) is 2. The monoisotopic (exact) mass is 142 g/mol. The summed E-state index contributed by atoms with van der Waals surface area (Å²) in [6.07, 6.45) is 1.64. The first kappa shape index (κ1) is 7.58. The molecule has 0 aromatic carbocycles. The van der Waals surface area contributed by atoms with Crippen LogP contribution in [0.2, 0.25) is 0 Å². The van der Waals surface area contributed by atoms with Crippen LogP contribution < -0.4 is 0 Å². The molecule has 0 spiro atoms. The fraction of sp³-hybridized carbons (Fsp3) is 0.875. The third-order valence-electron chi connectivity index (χ3n) is 2.12. The van der Waals surface area contributed by atoms with Crippen LogP contribution in [0.25, 0.3) is 0 Å². The molecule has 1 saturated heterocycles. The fourth-order valence-electron chi connectivity index (χ4n) is 1.48. The van der Waals surface area contributed by atoms with Crippen LogP contribution in [0, 0.1) is 5.41 Å². The molecule has 2 nitrogen and oxygen atoms in total. The number of esters is 1. The molecule has 0 aromatic rings. The Hall–Kier alpha value is -0.530. The highest BCUT2D eigenvalue weighted by Gasteiger charge is 2.40. The maximum atomic E-state index is 10.8. The van der Waals surface area contributed by atoms with Gasteiger partial charge >= 0.3 is 5.97 Å². The summed E-state index contributed by atoms with van der Waals surface area (Å²) in [5.74, 6) is -0.0446. The van der Waals surface area contributed by atoms with Gasteiger partial charge in [-0.25, -0.2) is 0 Å². The molecule has 1 rings (SSSR count). The molecule has 0 bridgehead atoms. The Morgan fingerprint density at radius 2 is 2.30 bits per heavy atom. The van der Waals surface area contributed by atoms with Gasteiger partial charge in [0, 0.05) is 5.41 Å². The smallest absolute Gasteiger partial charge is 0.306 e. The Labute approximate surface area is 61.6 Å². The SMILES string of the molecule is CC[C@H]1OC(=O)CC1(C)C. The van der Waals surface area contributed by atoms with Gasteiger partial charge in [0.2, 0.25) is 0 Å². The molecular weight excluding hydrogens is 128 g/mol. The molecule has 0 saturated carbocycles. The van der Waals surface area contributed by atoms with E-state index in [1.807, 2.05) is 6.92 Å². The van der Waals surface area contributed by atoms with E-state index in [0.717, 1.165) is 6.42 Å². The van der Waals surface area contributed by atoms with Gasteiger partial charge in [-0.1, -0.05) is 20.8 Å². The van der Waals surface area contributed by atoms with Gasteiger partial charge in [-0.2, -0.15) is 0 Å². The highest BCUT2D eigenvalue weighted by atomic mass is 16.6. The van der Waals surface area contributed by atoms with E-state index >= 15 is 0 Å². The number of ether oxygens (including phenoxy) is 1. The average molecular weight is 142 g/mol. The molecule has 0 aromatic heterocycles. The summed E-state index contributed by atoms with van der Waals surface area (Å²) in [7, 11) is 0. The van der Waals surface area contributed by atoms with Crippen LogP contribution in [0.3, 0.4) is 0 Å². The lowest BCUT2D eigenvalue weighted by molar-refractivity contribution is -0.141. The summed E-state index contributed by atoms with van der Waals surface area (Å²) >= 11 is 0. The van der Waals surface area contributed by atoms with E-state index in [9.17, 15) is 4.79 Å². The van der Waals surface area contributed by atoms with Crippen molar-refractivity contribution in [3.8, 4) is 0 Å². The van der Waals surface area contributed by atoms with E-state index in [-0.39, 0.29) is 17.5 Å². The van der Waals surface area contributed by atoms with Gasteiger partial charge in [0.05, 0.1) is 6.42 Å². The van der Waals surface area contributed by atoms with Crippen molar-refractivity contribution in [1.82, 2.24) is 0 Å². The molecule has 10 heavy (non-hydrogen) atoms. The lowest BCUT2D eigenvalue weighted by Crippen LogP contribution is -2.22. The normalized spacial score (nSPS) is 30.3.